The summed E-state index contributed by atoms with van der Waals surface area (Å²) in [5.74, 6) is -5.09. The Morgan fingerprint density at radius 1 is 0.706 bits per heavy atom. The Kier molecular flexibility index (Phi) is 3.61. The quantitative estimate of drug-likeness (QED) is 0.539. The van der Waals surface area contributed by atoms with Crippen LogP contribution in [0, 0.1) is 10.8 Å². The summed E-state index contributed by atoms with van der Waals surface area (Å²) >= 11 is 0. The van der Waals surface area contributed by atoms with E-state index in [2.05, 4.69) is 0 Å². The predicted octanol–water partition coefficient (Wildman–Crippen LogP) is 0.0237. The molecular weight excluding hydrogens is 232 g/mol. The fourth-order valence-electron chi connectivity index (χ4n) is 1.63. The molecule has 0 aromatic rings. The summed E-state index contributed by atoms with van der Waals surface area (Å²) in [6, 6.07) is 0. The van der Waals surface area contributed by atoms with Gasteiger partial charge in [-0.15, -0.1) is 0 Å². The lowest BCUT2D eigenvalue weighted by molar-refractivity contribution is -0.212. The maximum atomic E-state index is 11.1. The maximum Gasteiger partial charge on any atom is 0.338 e. The van der Waals surface area contributed by atoms with Crippen molar-refractivity contribution in [2.45, 2.75) is 33.3 Å². The second-order valence-electron chi connectivity index (χ2n) is 4.88. The average Bonchev–Trinajstić information content (AvgIpc) is 2.14. The molecule has 0 aliphatic rings. The zero-order valence-electron chi connectivity index (χ0n) is 10.0. The monoisotopic (exact) mass is 248 g/mol. The number of hydrogen-bond donors (Lipinski definition) is 4. The van der Waals surface area contributed by atoms with Crippen molar-refractivity contribution in [3.05, 3.63) is 0 Å². The van der Waals surface area contributed by atoms with Crippen molar-refractivity contribution < 1.29 is 34.8 Å². The SMILES string of the molecule is CC(C)(C(=O)O)C(O)(C(=O)O)C(C)(C)C(=O)O. The number of aliphatic hydroxyl groups is 1. The van der Waals surface area contributed by atoms with E-state index in [-0.39, 0.29) is 0 Å². The number of hydrogen-bond acceptors (Lipinski definition) is 4. The van der Waals surface area contributed by atoms with Crippen LogP contribution >= 0.6 is 0 Å². The normalized spacial score (nSPS) is 13.2. The van der Waals surface area contributed by atoms with Crippen molar-refractivity contribution in [1.29, 1.82) is 0 Å². The third-order valence-electron chi connectivity index (χ3n) is 3.19. The zero-order chi connectivity index (χ0) is 14.2. The summed E-state index contributed by atoms with van der Waals surface area (Å²) in [7, 11) is 0. The van der Waals surface area contributed by atoms with E-state index in [9.17, 15) is 19.5 Å². The van der Waals surface area contributed by atoms with Crippen LogP contribution in [0.2, 0.25) is 0 Å². The molecule has 0 unspecified atom stereocenters. The molecule has 0 heterocycles. The van der Waals surface area contributed by atoms with Gasteiger partial charge in [-0.3, -0.25) is 9.59 Å². The summed E-state index contributed by atoms with van der Waals surface area (Å²) in [5.41, 5.74) is -7.28. The number of carboxylic acids is 3. The summed E-state index contributed by atoms with van der Waals surface area (Å²) in [4.78, 5) is 33.2. The predicted molar refractivity (Wildman–Crippen MR) is 55.4 cm³/mol. The highest BCUT2D eigenvalue weighted by atomic mass is 16.4. The van der Waals surface area contributed by atoms with Crippen molar-refractivity contribution >= 4 is 17.9 Å². The van der Waals surface area contributed by atoms with Gasteiger partial charge in [0.05, 0.1) is 0 Å². The van der Waals surface area contributed by atoms with E-state index in [1.165, 1.54) is 0 Å². The highest BCUT2D eigenvalue weighted by Gasteiger charge is 2.66. The minimum absolute atomic E-state index is 0.966. The molecule has 0 radical (unpaired) electrons. The van der Waals surface area contributed by atoms with Gasteiger partial charge in [-0.1, -0.05) is 0 Å². The molecule has 0 amide bonds. The molecule has 0 bridgehead atoms. The van der Waals surface area contributed by atoms with Gasteiger partial charge in [-0.2, -0.15) is 0 Å². The summed E-state index contributed by atoms with van der Waals surface area (Å²) in [5, 5.41) is 37.1. The van der Waals surface area contributed by atoms with Crippen LogP contribution in [-0.4, -0.2) is 43.9 Å². The molecule has 0 saturated heterocycles. The van der Waals surface area contributed by atoms with E-state index in [4.69, 9.17) is 15.3 Å². The van der Waals surface area contributed by atoms with Crippen LogP contribution in [0.15, 0.2) is 0 Å². The highest BCUT2D eigenvalue weighted by Crippen LogP contribution is 2.45. The van der Waals surface area contributed by atoms with Crippen LogP contribution in [0.5, 0.6) is 0 Å². The van der Waals surface area contributed by atoms with E-state index in [0.29, 0.717) is 0 Å². The number of aliphatic carboxylic acids is 3. The van der Waals surface area contributed by atoms with Gasteiger partial charge in [0.2, 0.25) is 0 Å². The van der Waals surface area contributed by atoms with Gasteiger partial charge in [0.15, 0.2) is 5.60 Å². The first-order chi connectivity index (χ1) is 7.33. The zero-order valence-corrected chi connectivity index (χ0v) is 10.0. The lowest BCUT2D eigenvalue weighted by Gasteiger charge is -2.44. The van der Waals surface area contributed by atoms with Crippen molar-refractivity contribution in [1.82, 2.24) is 0 Å². The van der Waals surface area contributed by atoms with Crippen molar-refractivity contribution in [2.75, 3.05) is 0 Å². The highest BCUT2D eigenvalue weighted by molar-refractivity contribution is 5.94. The van der Waals surface area contributed by atoms with E-state index in [0.717, 1.165) is 27.7 Å². The molecule has 0 spiro atoms. The minimum Gasteiger partial charge on any atom is -0.481 e. The first-order valence-corrected chi connectivity index (χ1v) is 4.76. The first-order valence-electron chi connectivity index (χ1n) is 4.76. The molecular formula is C10H16O7. The van der Waals surface area contributed by atoms with Gasteiger partial charge in [-0.25, -0.2) is 4.79 Å². The molecule has 0 fully saturated rings. The van der Waals surface area contributed by atoms with Gasteiger partial charge in [0.25, 0.3) is 0 Å². The molecule has 0 atom stereocenters. The molecule has 7 nitrogen and oxygen atoms in total. The second-order valence-corrected chi connectivity index (χ2v) is 4.88. The fourth-order valence-corrected chi connectivity index (χ4v) is 1.63. The van der Waals surface area contributed by atoms with Gasteiger partial charge in [0, 0.05) is 0 Å². The lowest BCUT2D eigenvalue weighted by Crippen LogP contribution is -2.65. The molecule has 0 rings (SSSR count). The first kappa shape index (κ1) is 15.4. The topological polar surface area (TPSA) is 132 Å². The second kappa shape index (κ2) is 3.99. The van der Waals surface area contributed by atoms with Crippen LogP contribution in [-0.2, 0) is 14.4 Å². The van der Waals surface area contributed by atoms with Crippen LogP contribution in [0.1, 0.15) is 27.7 Å². The van der Waals surface area contributed by atoms with Crippen molar-refractivity contribution in [3.63, 3.8) is 0 Å². The van der Waals surface area contributed by atoms with Crippen LogP contribution in [0.3, 0.4) is 0 Å². The van der Waals surface area contributed by atoms with Crippen molar-refractivity contribution in [2.24, 2.45) is 10.8 Å². The molecule has 0 aromatic heterocycles. The third kappa shape index (κ3) is 1.86. The third-order valence-corrected chi connectivity index (χ3v) is 3.19. The Hall–Kier alpha value is -1.63. The summed E-state index contributed by atoms with van der Waals surface area (Å²) in [6.07, 6.45) is 0. The molecule has 98 valence electrons. The fraction of sp³-hybridized carbons (Fsp3) is 0.700. The number of carboxylic acid groups (broad SMARTS) is 3. The Morgan fingerprint density at radius 2 is 0.941 bits per heavy atom. The maximum absolute atomic E-state index is 11.1. The lowest BCUT2D eigenvalue weighted by atomic mass is 9.61. The van der Waals surface area contributed by atoms with E-state index in [1.54, 1.807) is 0 Å². The van der Waals surface area contributed by atoms with Crippen LogP contribution in [0.25, 0.3) is 0 Å². The van der Waals surface area contributed by atoms with Crippen LogP contribution in [0.4, 0.5) is 0 Å². The minimum atomic E-state index is -2.95. The molecule has 4 N–H and O–H groups in total. The van der Waals surface area contributed by atoms with Gasteiger partial charge in [-0.05, 0) is 27.7 Å². The number of carbonyl (C=O) groups is 3. The molecule has 0 aromatic carbocycles. The Labute approximate surface area is 97.7 Å². The molecule has 7 heteroatoms. The Morgan fingerprint density at radius 3 is 1.06 bits per heavy atom. The smallest absolute Gasteiger partial charge is 0.338 e. The molecule has 0 aliphatic heterocycles. The summed E-state index contributed by atoms with van der Waals surface area (Å²) in [6.45, 7) is 3.87. The van der Waals surface area contributed by atoms with Gasteiger partial charge >= 0.3 is 17.9 Å². The Balaban J connectivity index is 6.07. The van der Waals surface area contributed by atoms with E-state index < -0.39 is 34.3 Å². The number of rotatable bonds is 5. The molecule has 0 saturated carbocycles. The average molecular weight is 248 g/mol. The van der Waals surface area contributed by atoms with E-state index >= 15 is 0 Å². The molecule has 0 aliphatic carbocycles. The Bertz CT molecular complexity index is 341. The van der Waals surface area contributed by atoms with E-state index in [1.807, 2.05) is 0 Å². The van der Waals surface area contributed by atoms with Gasteiger partial charge in [0.1, 0.15) is 10.8 Å². The van der Waals surface area contributed by atoms with Crippen molar-refractivity contribution in [3.8, 4) is 0 Å². The van der Waals surface area contributed by atoms with Gasteiger partial charge < -0.3 is 20.4 Å². The standard InChI is InChI=1S/C10H16O7/c1-8(2,5(11)12)10(17,7(15)16)9(3,4)6(13)14/h17H,1-4H3,(H,11,12)(H,13,14)(H,15,16). The molecule has 17 heavy (non-hydrogen) atoms. The largest absolute Gasteiger partial charge is 0.481 e. The van der Waals surface area contributed by atoms with Crippen LogP contribution < -0.4 is 0 Å². The summed E-state index contributed by atoms with van der Waals surface area (Å²) < 4.78 is 0.